The molecule has 1 aliphatic rings. The fourth-order valence-corrected chi connectivity index (χ4v) is 1.95. The zero-order chi connectivity index (χ0) is 12.4. The van der Waals surface area contributed by atoms with Gasteiger partial charge in [0, 0.05) is 12.0 Å². The molecule has 0 amide bonds. The first-order valence-electron chi connectivity index (χ1n) is 5.72. The maximum atomic E-state index is 13.7. The van der Waals surface area contributed by atoms with Crippen molar-refractivity contribution in [2.75, 3.05) is 20.2 Å². The quantitative estimate of drug-likeness (QED) is 0.812. The van der Waals surface area contributed by atoms with Gasteiger partial charge in [-0.1, -0.05) is 6.92 Å². The van der Waals surface area contributed by atoms with Gasteiger partial charge in [0.15, 0.2) is 5.78 Å². The van der Waals surface area contributed by atoms with Crippen LogP contribution in [0, 0.1) is 17.7 Å². The van der Waals surface area contributed by atoms with Crippen molar-refractivity contribution in [2.24, 2.45) is 11.8 Å². The number of ether oxygens (including phenoxy) is 1. The Bertz CT molecular complexity index is 429. The molecule has 0 spiro atoms. The van der Waals surface area contributed by atoms with Crippen molar-refractivity contribution < 1.29 is 13.9 Å². The van der Waals surface area contributed by atoms with Gasteiger partial charge in [0.05, 0.1) is 12.7 Å². The van der Waals surface area contributed by atoms with Crippen LogP contribution in [0.25, 0.3) is 0 Å². The van der Waals surface area contributed by atoms with Gasteiger partial charge in [0.1, 0.15) is 11.6 Å². The second kappa shape index (κ2) is 4.84. The lowest BCUT2D eigenvalue weighted by Gasteiger charge is -2.31. The van der Waals surface area contributed by atoms with Crippen LogP contribution in [-0.4, -0.2) is 26.0 Å². The summed E-state index contributed by atoms with van der Waals surface area (Å²) in [6.07, 6.45) is 0. The first-order valence-corrected chi connectivity index (χ1v) is 5.72. The Hall–Kier alpha value is -1.42. The van der Waals surface area contributed by atoms with Crippen LogP contribution in [0.3, 0.4) is 0 Å². The number of ketones is 1. The summed E-state index contributed by atoms with van der Waals surface area (Å²) >= 11 is 0. The van der Waals surface area contributed by atoms with E-state index in [1.807, 2.05) is 6.92 Å². The molecule has 17 heavy (non-hydrogen) atoms. The van der Waals surface area contributed by atoms with E-state index in [9.17, 15) is 9.18 Å². The molecule has 1 fully saturated rings. The molecule has 3 nitrogen and oxygen atoms in total. The van der Waals surface area contributed by atoms with Gasteiger partial charge in [0.25, 0.3) is 0 Å². The number of carbonyl (C=O) groups excluding carboxylic acids is 1. The Kier molecular flexibility index (Phi) is 3.43. The average Bonchev–Trinajstić information content (AvgIpc) is 2.25. The monoisotopic (exact) mass is 237 g/mol. The third kappa shape index (κ3) is 2.31. The summed E-state index contributed by atoms with van der Waals surface area (Å²) < 4.78 is 18.6. The van der Waals surface area contributed by atoms with E-state index in [-0.39, 0.29) is 17.3 Å². The van der Waals surface area contributed by atoms with Crippen LogP contribution in [0.15, 0.2) is 18.2 Å². The highest BCUT2D eigenvalue weighted by Crippen LogP contribution is 2.24. The minimum absolute atomic E-state index is 0.128. The smallest absolute Gasteiger partial charge is 0.168 e. The van der Waals surface area contributed by atoms with Crippen LogP contribution in [0.5, 0.6) is 5.75 Å². The minimum Gasteiger partial charge on any atom is -0.497 e. The zero-order valence-electron chi connectivity index (χ0n) is 10.00. The van der Waals surface area contributed by atoms with E-state index in [2.05, 4.69) is 5.32 Å². The summed E-state index contributed by atoms with van der Waals surface area (Å²) in [7, 11) is 1.47. The third-order valence-corrected chi connectivity index (χ3v) is 3.38. The Morgan fingerprint density at radius 3 is 2.71 bits per heavy atom. The van der Waals surface area contributed by atoms with Crippen molar-refractivity contribution >= 4 is 5.78 Å². The molecule has 92 valence electrons. The molecular weight excluding hydrogens is 221 g/mol. The van der Waals surface area contributed by atoms with Crippen molar-refractivity contribution in [1.82, 2.24) is 5.32 Å². The molecule has 0 aromatic heterocycles. The van der Waals surface area contributed by atoms with Gasteiger partial charge in [-0.05, 0) is 31.1 Å². The number of benzene rings is 1. The van der Waals surface area contributed by atoms with Gasteiger partial charge in [-0.2, -0.15) is 0 Å². The zero-order valence-corrected chi connectivity index (χ0v) is 10.00. The molecule has 1 aromatic carbocycles. The van der Waals surface area contributed by atoms with Crippen LogP contribution >= 0.6 is 0 Å². The summed E-state index contributed by atoms with van der Waals surface area (Å²) in [6.45, 7) is 3.53. The summed E-state index contributed by atoms with van der Waals surface area (Å²) in [5.74, 6) is -0.0229. The van der Waals surface area contributed by atoms with Gasteiger partial charge in [0.2, 0.25) is 0 Å². The Balaban J connectivity index is 2.18. The highest BCUT2D eigenvalue weighted by molar-refractivity contribution is 5.98. The Morgan fingerprint density at radius 1 is 1.53 bits per heavy atom. The number of rotatable bonds is 4. The molecule has 0 saturated carbocycles. The maximum absolute atomic E-state index is 13.7. The fourth-order valence-electron chi connectivity index (χ4n) is 1.95. The number of carbonyl (C=O) groups is 1. The number of halogens is 1. The predicted octanol–water partition coefficient (Wildman–Crippen LogP) is 1.87. The standard InChI is InChI=1S/C13H16FNO2/c1-8(9-6-15-7-9)13(16)11-4-3-10(17-2)5-12(11)14/h3-5,8-9,15H,6-7H2,1-2H3. The minimum atomic E-state index is -0.506. The van der Waals surface area contributed by atoms with Gasteiger partial charge in [-0.3, -0.25) is 4.79 Å². The van der Waals surface area contributed by atoms with E-state index in [4.69, 9.17) is 4.74 Å². The number of nitrogens with one attached hydrogen (secondary N) is 1. The summed E-state index contributed by atoms with van der Waals surface area (Å²) in [5, 5.41) is 3.12. The lowest BCUT2D eigenvalue weighted by atomic mass is 9.83. The number of Topliss-reactive ketones (excluding diaryl/α,β-unsaturated/α-hetero) is 1. The van der Waals surface area contributed by atoms with E-state index in [1.165, 1.54) is 19.2 Å². The molecule has 1 atom stereocenters. The number of hydrogen-bond donors (Lipinski definition) is 1. The van der Waals surface area contributed by atoms with Crippen LogP contribution < -0.4 is 10.1 Å². The molecule has 1 aliphatic heterocycles. The Labute approximate surface area is 100.0 Å². The van der Waals surface area contributed by atoms with Crippen molar-refractivity contribution in [1.29, 1.82) is 0 Å². The first kappa shape index (κ1) is 12.0. The lowest BCUT2D eigenvalue weighted by molar-refractivity contribution is 0.0849. The van der Waals surface area contributed by atoms with E-state index < -0.39 is 5.82 Å². The number of hydrogen-bond acceptors (Lipinski definition) is 3. The molecule has 2 rings (SSSR count). The SMILES string of the molecule is COc1ccc(C(=O)C(C)C2CNC2)c(F)c1. The summed E-state index contributed by atoms with van der Waals surface area (Å²) in [6, 6.07) is 4.36. The van der Waals surface area contributed by atoms with Crippen LogP contribution in [0.2, 0.25) is 0 Å². The van der Waals surface area contributed by atoms with E-state index in [1.54, 1.807) is 6.07 Å². The molecular formula is C13H16FNO2. The molecule has 1 aromatic rings. The average molecular weight is 237 g/mol. The first-order chi connectivity index (χ1) is 8.13. The van der Waals surface area contributed by atoms with Crippen LogP contribution in [-0.2, 0) is 0 Å². The fraction of sp³-hybridized carbons (Fsp3) is 0.462. The number of methoxy groups -OCH3 is 1. The van der Waals surface area contributed by atoms with Gasteiger partial charge < -0.3 is 10.1 Å². The van der Waals surface area contributed by atoms with Crippen LogP contribution in [0.1, 0.15) is 17.3 Å². The lowest BCUT2D eigenvalue weighted by Crippen LogP contribution is -2.47. The largest absolute Gasteiger partial charge is 0.497 e. The van der Waals surface area contributed by atoms with Gasteiger partial charge in [-0.15, -0.1) is 0 Å². The Morgan fingerprint density at radius 2 is 2.24 bits per heavy atom. The normalized spacial score (nSPS) is 17.4. The van der Waals surface area contributed by atoms with Crippen LogP contribution in [0.4, 0.5) is 4.39 Å². The van der Waals surface area contributed by atoms with Crippen molar-refractivity contribution in [3.8, 4) is 5.75 Å². The second-order valence-electron chi connectivity index (χ2n) is 4.42. The summed E-state index contributed by atoms with van der Waals surface area (Å²) in [4.78, 5) is 12.1. The maximum Gasteiger partial charge on any atom is 0.168 e. The molecule has 0 aliphatic carbocycles. The van der Waals surface area contributed by atoms with Gasteiger partial charge >= 0.3 is 0 Å². The van der Waals surface area contributed by atoms with E-state index in [0.29, 0.717) is 11.7 Å². The second-order valence-corrected chi connectivity index (χ2v) is 4.42. The van der Waals surface area contributed by atoms with E-state index >= 15 is 0 Å². The molecule has 4 heteroatoms. The predicted molar refractivity (Wildman–Crippen MR) is 62.8 cm³/mol. The molecule has 0 radical (unpaired) electrons. The molecule has 1 saturated heterocycles. The van der Waals surface area contributed by atoms with E-state index in [0.717, 1.165) is 13.1 Å². The van der Waals surface area contributed by atoms with Gasteiger partial charge in [-0.25, -0.2) is 4.39 Å². The third-order valence-electron chi connectivity index (χ3n) is 3.38. The van der Waals surface area contributed by atoms with Crippen molar-refractivity contribution in [3.63, 3.8) is 0 Å². The molecule has 1 heterocycles. The van der Waals surface area contributed by atoms with Crippen molar-refractivity contribution in [3.05, 3.63) is 29.6 Å². The topological polar surface area (TPSA) is 38.3 Å². The molecule has 0 bridgehead atoms. The highest BCUT2D eigenvalue weighted by atomic mass is 19.1. The summed E-state index contributed by atoms with van der Waals surface area (Å²) in [5.41, 5.74) is 0.158. The molecule has 1 unspecified atom stereocenters. The van der Waals surface area contributed by atoms with Crippen molar-refractivity contribution in [2.45, 2.75) is 6.92 Å². The molecule has 1 N–H and O–H groups in total. The highest BCUT2D eigenvalue weighted by Gasteiger charge is 2.30.